The van der Waals surface area contributed by atoms with Gasteiger partial charge in [0, 0.05) is 17.8 Å². The highest BCUT2D eigenvalue weighted by molar-refractivity contribution is 5.92. The van der Waals surface area contributed by atoms with Crippen LogP contribution in [0.25, 0.3) is 0 Å². The number of likely N-dealkylation sites (tertiary alicyclic amines) is 1. The SMILES string of the molecule is Cc1cccc(C(=O)NCC(C)(C)N2CCCCC2)n1. The molecule has 0 bridgehead atoms. The number of carbonyl (C=O) groups is 1. The van der Waals surface area contributed by atoms with Crippen molar-refractivity contribution in [3.63, 3.8) is 0 Å². The van der Waals surface area contributed by atoms with Crippen LogP contribution >= 0.6 is 0 Å². The van der Waals surface area contributed by atoms with Gasteiger partial charge in [-0.2, -0.15) is 0 Å². The van der Waals surface area contributed by atoms with Crippen LogP contribution < -0.4 is 5.32 Å². The second-order valence-electron chi connectivity index (χ2n) is 6.21. The molecule has 0 aromatic carbocycles. The summed E-state index contributed by atoms with van der Waals surface area (Å²) in [4.78, 5) is 18.9. The van der Waals surface area contributed by atoms with Crippen LogP contribution in [0.3, 0.4) is 0 Å². The molecule has 0 saturated carbocycles. The van der Waals surface area contributed by atoms with E-state index in [4.69, 9.17) is 0 Å². The average molecular weight is 275 g/mol. The minimum Gasteiger partial charge on any atom is -0.349 e. The lowest BCUT2D eigenvalue weighted by Crippen LogP contribution is -2.53. The lowest BCUT2D eigenvalue weighted by Gasteiger charge is -2.41. The number of hydrogen-bond acceptors (Lipinski definition) is 3. The molecular weight excluding hydrogens is 250 g/mol. The predicted molar refractivity (Wildman–Crippen MR) is 80.8 cm³/mol. The normalized spacial score (nSPS) is 16.9. The van der Waals surface area contributed by atoms with E-state index < -0.39 is 0 Å². The number of hydrogen-bond donors (Lipinski definition) is 1. The van der Waals surface area contributed by atoms with E-state index in [1.807, 2.05) is 19.1 Å². The Morgan fingerprint density at radius 2 is 2.00 bits per heavy atom. The fourth-order valence-corrected chi connectivity index (χ4v) is 2.67. The van der Waals surface area contributed by atoms with Gasteiger partial charge in [0.1, 0.15) is 5.69 Å². The topological polar surface area (TPSA) is 45.2 Å². The molecule has 20 heavy (non-hydrogen) atoms. The van der Waals surface area contributed by atoms with E-state index in [9.17, 15) is 4.79 Å². The minimum atomic E-state index is -0.0845. The number of nitrogens with one attached hydrogen (secondary N) is 1. The number of aromatic nitrogens is 1. The van der Waals surface area contributed by atoms with Gasteiger partial charge in [0.05, 0.1) is 0 Å². The van der Waals surface area contributed by atoms with Crippen LogP contribution in [0.1, 0.15) is 49.3 Å². The molecule has 0 aliphatic carbocycles. The second-order valence-corrected chi connectivity index (χ2v) is 6.21. The molecule has 4 nitrogen and oxygen atoms in total. The standard InChI is InChI=1S/C16H25N3O/c1-13-8-7-9-14(18-13)15(20)17-12-16(2,3)19-10-5-4-6-11-19/h7-9H,4-6,10-12H2,1-3H3,(H,17,20). The summed E-state index contributed by atoms with van der Waals surface area (Å²) >= 11 is 0. The molecule has 1 aliphatic heterocycles. The minimum absolute atomic E-state index is 0.0000942. The summed E-state index contributed by atoms with van der Waals surface area (Å²) < 4.78 is 0. The van der Waals surface area contributed by atoms with E-state index in [0.29, 0.717) is 12.2 Å². The summed E-state index contributed by atoms with van der Waals surface area (Å²) in [5, 5.41) is 3.02. The highest BCUT2D eigenvalue weighted by Crippen LogP contribution is 2.19. The molecule has 4 heteroatoms. The van der Waals surface area contributed by atoms with Crippen molar-refractivity contribution in [2.75, 3.05) is 19.6 Å². The van der Waals surface area contributed by atoms with Crippen LogP contribution in [0.5, 0.6) is 0 Å². The zero-order valence-electron chi connectivity index (χ0n) is 12.8. The Morgan fingerprint density at radius 1 is 1.30 bits per heavy atom. The molecular formula is C16H25N3O. The maximum Gasteiger partial charge on any atom is 0.269 e. The van der Waals surface area contributed by atoms with Crippen LogP contribution in [0, 0.1) is 6.92 Å². The molecule has 0 radical (unpaired) electrons. The van der Waals surface area contributed by atoms with Crippen molar-refractivity contribution in [1.29, 1.82) is 0 Å². The Labute approximate surface area is 121 Å². The van der Waals surface area contributed by atoms with E-state index >= 15 is 0 Å². The monoisotopic (exact) mass is 275 g/mol. The molecule has 1 fully saturated rings. The largest absolute Gasteiger partial charge is 0.349 e. The number of pyridine rings is 1. The van der Waals surface area contributed by atoms with E-state index in [1.54, 1.807) is 6.07 Å². The zero-order valence-corrected chi connectivity index (χ0v) is 12.8. The van der Waals surface area contributed by atoms with Crippen molar-refractivity contribution >= 4 is 5.91 Å². The van der Waals surface area contributed by atoms with E-state index in [1.165, 1.54) is 19.3 Å². The van der Waals surface area contributed by atoms with Crippen molar-refractivity contribution in [2.24, 2.45) is 0 Å². The number of piperidine rings is 1. The van der Waals surface area contributed by atoms with Gasteiger partial charge < -0.3 is 5.32 Å². The van der Waals surface area contributed by atoms with E-state index in [-0.39, 0.29) is 11.4 Å². The van der Waals surface area contributed by atoms with Gasteiger partial charge in [-0.25, -0.2) is 4.98 Å². The van der Waals surface area contributed by atoms with Crippen LogP contribution in [0.2, 0.25) is 0 Å². The number of carbonyl (C=O) groups excluding carboxylic acids is 1. The smallest absolute Gasteiger partial charge is 0.269 e. The molecule has 0 atom stereocenters. The zero-order chi connectivity index (χ0) is 14.6. The summed E-state index contributed by atoms with van der Waals surface area (Å²) in [6.07, 6.45) is 3.85. The van der Waals surface area contributed by atoms with Crippen LogP contribution in [0.4, 0.5) is 0 Å². The van der Waals surface area contributed by atoms with Crippen molar-refractivity contribution in [2.45, 2.75) is 45.6 Å². The van der Waals surface area contributed by atoms with Gasteiger partial charge in [0.15, 0.2) is 0 Å². The third-order valence-corrected chi connectivity index (χ3v) is 4.01. The summed E-state index contributed by atoms with van der Waals surface area (Å²) in [5.74, 6) is -0.0845. The van der Waals surface area contributed by atoms with Gasteiger partial charge in [0.25, 0.3) is 5.91 Å². The molecule has 0 spiro atoms. The summed E-state index contributed by atoms with van der Waals surface area (Å²) in [5.41, 5.74) is 1.37. The first-order chi connectivity index (χ1) is 9.49. The number of rotatable bonds is 4. The third kappa shape index (κ3) is 3.79. The molecule has 1 amide bonds. The highest BCUT2D eigenvalue weighted by Gasteiger charge is 2.28. The third-order valence-electron chi connectivity index (χ3n) is 4.01. The lowest BCUT2D eigenvalue weighted by molar-refractivity contribution is 0.0794. The van der Waals surface area contributed by atoms with Gasteiger partial charge >= 0.3 is 0 Å². The fraction of sp³-hybridized carbons (Fsp3) is 0.625. The molecule has 1 aromatic rings. The Morgan fingerprint density at radius 3 is 2.65 bits per heavy atom. The quantitative estimate of drug-likeness (QED) is 0.917. The van der Waals surface area contributed by atoms with Gasteiger partial charge in [0.2, 0.25) is 0 Å². The van der Waals surface area contributed by atoms with Gasteiger partial charge in [-0.3, -0.25) is 9.69 Å². The Bertz CT molecular complexity index is 465. The first-order valence-electron chi connectivity index (χ1n) is 7.46. The molecule has 1 N–H and O–H groups in total. The Kier molecular flexibility index (Phi) is 4.76. The molecule has 1 aliphatic rings. The number of aryl methyl sites for hydroxylation is 1. The Hall–Kier alpha value is -1.42. The molecule has 0 unspecified atom stereocenters. The first kappa shape index (κ1) is 15.0. The molecule has 2 rings (SSSR count). The Balaban J connectivity index is 1.91. The second kappa shape index (κ2) is 6.35. The van der Waals surface area contributed by atoms with E-state index in [0.717, 1.165) is 18.8 Å². The van der Waals surface area contributed by atoms with Crippen LogP contribution in [-0.4, -0.2) is 41.0 Å². The molecule has 1 aromatic heterocycles. The van der Waals surface area contributed by atoms with Crippen molar-refractivity contribution in [1.82, 2.24) is 15.2 Å². The predicted octanol–water partition coefficient (Wildman–Crippen LogP) is 2.38. The molecule has 2 heterocycles. The highest BCUT2D eigenvalue weighted by atomic mass is 16.1. The van der Waals surface area contributed by atoms with Crippen molar-refractivity contribution in [3.8, 4) is 0 Å². The van der Waals surface area contributed by atoms with Gasteiger partial charge in [-0.05, 0) is 58.8 Å². The van der Waals surface area contributed by atoms with Crippen LogP contribution in [-0.2, 0) is 0 Å². The number of nitrogens with zero attached hydrogens (tertiary/aromatic N) is 2. The van der Waals surface area contributed by atoms with Crippen molar-refractivity contribution < 1.29 is 4.79 Å². The van der Waals surface area contributed by atoms with Gasteiger partial charge in [-0.1, -0.05) is 12.5 Å². The molecule has 110 valence electrons. The summed E-state index contributed by atoms with van der Waals surface area (Å²) in [6.45, 7) is 9.21. The molecule has 1 saturated heterocycles. The fourth-order valence-electron chi connectivity index (χ4n) is 2.67. The van der Waals surface area contributed by atoms with E-state index in [2.05, 4.69) is 29.0 Å². The summed E-state index contributed by atoms with van der Waals surface area (Å²) in [7, 11) is 0. The summed E-state index contributed by atoms with van der Waals surface area (Å²) in [6, 6.07) is 5.53. The van der Waals surface area contributed by atoms with Gasteiger partial charge in [-0.15, -0.1) is 0 Å². The first-order valence-corrected chi connectivity index (χ1v) is 7.46. The lowest BCUT2D eigenvalue weighted by atomic mass is 9.98. The maximum atomic E-state index is 12.1. The number of amides is 1. The van der Waals surface area contributed by atoms with Crippen molar-refractivity contribution in [3.05, 3.63) is 29.6 Å². The van der Waals surface area contributed by atoms with Crippen LogP contribution in [0.15, 0.2) is 18.2 Å². The maximum absolute atomic E-state index is 12.1. The average Bonchev–Trinajstić information content (AvgIpc) is 2.46.